The molecule has 2 N–H and O–H groups in total. The number of carboxylic acids is 1. The molecule has 0 aromatic heterocycles. The van der Waals surface area contributed by atoms with Crippen molar-refractivity contribution >= 4 is 11.9 Å². The zero-order valence-corrected chi connectivity index (χ0v) is 8.09. The third kappa shape index (κ3) is 4.47. The van der Waals surface area contributed by atoms with Gasteiger partial charge >= 0.3 is 5.97 Å². The van der Waals surface area contributed by atoms with Crippen LogP contribution in [0.4, 0.5) is 0 Å². The first-order chi connectivity index (χ1) is 5.90. The average Bonchev–Trinajstić information content (AvgIpc) is 1.99. The van der Waals surface area contributed by atoms with Crippen molar-refractivity contribution in [2.24, 2.45) is 5.41 Å². The molecule has 13 heavy (non-hydrogen) atoms. The van der Waals surface area contributed by atoms with Crippen molar-refractivity contribution in [1.29, 1.82) is 0 Å². The fourth-order valence-corrected chi connectivity index (χ4v) is 0.666. The molecule has 0 atom stereocenters. The van der Waals surface area contributed by atoms with Crippen LogP contribution in [-0.2, 0) is 14.4 Å². The van der Waals surface area contributed by atoms with E-state index in [1.54, 1.807) is 6.92 Å². The van der Waals surface area contributed by atoms with E-state index < -0.39 is 17.3 Å². The second-order valence-electron chi connectivity index (χ2n) is 3.32. The van der Waals surface area contributed by atoms with Gasteiger partial charge in [0.05, 0.1) is 12.0 Å². The van der Waals surface area contributed by atoms with Crippen LogP contribution >= 0.6 is 0 Å². The van der Waals surface area contributed by atoms with E-state index in [2.05, 4.69) is 10.3 Å². The minimum atomic E-state index is -1.05. The lowest BCUT2D eigenvalue weighted by atomic mass is 9.89. The molecule has 5 heteroatoms. The smallest absolute Gasteiger partial charge is 0.309 e. The maximum Gasteiger partial charge on any atom is 0.309 e. The summed E-state index contributed by atoms with van der Waals surface area (Å²) in [5, 5.41) is 8.69. The molecule has 0 spiro atoms. The number of rotatable bonds is 5. The Hall–Kier alpha value is -1.10. The minimum Gasteiger partial charge on any atom is -0.481 e. The molecule has 5 nitrogen and oxygen atoms in total. The second-order valence-corrected chi connectivity index (χ2v) is 3.32. The molecule has 0 bridgehead atoms. The SMILES string of the molecule is CCONC(=O)CC(C)(C)C(=O)O. The highest BCUT2D eigenvalue weighted by atomic mass is 16.6. The number of nitrogens with one attached hydrogen (secondary N) is 1. The summed E-state index contributed by atoms with van der Waals surface area (Å²) in [6, 6.07) is 0. The highest BCUT2D eigenvalue weighted by molar-refractivity contribution is 5.83. The molecule has 1 amide bonds. The van der Waals surface area contributed by atoms with Crippen LogP contribution in [0.5, 0.6) is 0 Å². The number of carboxylic acid groups (broad SMARTS) is 1. The summed E-state index contributed by atoms with van der Waals surface area (Å²) >= 11 is 0. The lowest BCUT2D eigenvalue weighted by Gasteiger charge is -2.17. The Labute approximate surface area is 77.0 Å². The van der Waals surface area contributed by atoms with Crippen molar-refractivity contribution in [2.75, 3.05) is 6.61 Å². The maximum absolute atomic E-state index is 11.0. The van der Waals surface area contributed by atoms with Crippen LogP contribution in [0, 0.1) is 5.41 Å². The monoisotopic (exact) mass is 189 g/mol. The Bertz CT molecular complexity index is 200. The number of aliphatic carboxylic acids is 1. The first-order valence-electron chi connectivity index (χ1n) is 4.04. The summed E-state index contributed by atoms with van der Waals surface area (Å²) in [7, 11) is 0. The van der Waals surface area contributed by atoms with Gasteiger partial charge in [-0.3, -0.25) is 14.4 Å². The molecule has 0 aromatic rings. The molecule has 0 fully saturated rings. The zero-order valence-electron chi connectivity index (χ0n) is 8.09. The number of hydroxylamine groups is 1. The molecule has 0 radical (unpaired) electrons. The quantitative estimate of drug-likeness (QED) is 0.619. The van der Waals surface area contributed by atoms with E-state index in [1.807, 2.05) is 0 Å². The largest absolute Gasteiger partial charge is 0.481 e. The van der Waals surface area contributed by atoms with E-state index in [0.717, 1.165) is 0 Å². The molecule has 0 saturated heterocycles. The molecule has 0 aliphatic carbocycles. The van der Waals surface area contributed by atoms with Gasteiger partial charge in [-0.15, -0.1) is 0 Å². The fraction of sp³-hybridized carbons (Fsp3) is 0.750. The van der Waals surface area contributed by atoms with Crippen molar-refractivity contribution in [2.45, 2.75) is 27.2 Å². The average molecular weight is 189 g/mol. The molecule has 0 aliphatic heterocycles. The summed E-state index contributed by atoms with van der Waals surface area (Å²) < 4.78 is 0. The number of hydrogen-bond acceptors (Lipinski definition) is 3. The number of carbonyl (C=O) groups is 2. The van der Waals surface area contributed by atoms with Gasteiger partial charge in [-0.2, -0.15) is 0 Å². The number of carbonyl (C=O) groups excluding carboxylic acids is 1. The Balaban J connectivity index is 3.97. The molecule has 0 aliphatic rings. The second kappa shape index (κ2) is 4.81. The van der Waals surface area contributed by atoms with E-state index >= 15 is 0 Å². The third-order valence-electron chi connectivity index (χ3n) is 1.51. The van der Waals surface area contributed by atoms with Gasteiger partial charge in [0.2, 0.25) is 5.91 Å². The first kappa shape index (κ1) is 11.9. The molecule has 76 valence electrons. The van der Waals surface area contributed by atoms with Crippen molar-refractivity contribution in [3.05, 3.63) is 0 Å². The van der Waals surface area contributed by atoms with Crippen LogP contribution in [0.3, 0.4) is 0 Å². The molecule has 0 rings (SSSR count). The van der Waals surface area contributed by atoms with E-state index in [4.69, 9.17) is 5.11 Å². The van der Waals surface area contributed by atoms with Crippen molar-refractivity contribution in [3.8, 4) is 0 Å². The zero-order chi connectivity index (χ0) is 10.5. The predicted molar refractivity (Wildman–Crippen MR) is 45.8 cm³/mol. The van der Waals surface area contributed by atoms with E-state index in [9.17, 15) is 9.59 Å². The summed E-state index contributed by atoms with van der Waals surface area (Å²) in [6.45, 7) is 5.06. The number of hydrogen-bond donors (Lipinski definition) is 2. The van der Waals surface area contributed by atoms with Crippen LogP contribution in [0.25, 0.3) is 0 Å². The van der Waals surface area contributed by atoms with Gasteiger partial charge in [0, 0.05) is 6.42 Å². The van der Waals surface area contributed by atoms with Gasteiger partial charge in [-0.25, -0.2) is 5.48 Å². The molecular formula is C8H15NO4. The van der Waals surface area contributed by atoms with E-state index in [-0.39, 0.29) is 6.42 Å². The maximum atomic E-state index is 11.0. The number of amides is 1. The Morgan fingerprint density at radius 3 is 2.38 bits per heavy atom. The highest BCUT2D eigenvalue weighted by Gasteiger charge is 2.30. The Kier molecular flexibility index (Phi) is 4.40. The van der Waals surface area contributed by atoms with Crippen molar-refractivity contribution < 1.29 is 19.5 Å². The molecule has 0 saturated carbocycles. The van der Waals surface area contributed by atoms with Gasteiger partial charge in [-0.1, -0.05) is 0 Å². The summed E-state index contributed by atoms with van der Waals surface area (Å²) in [6.07, 6.45) is -0.0949. The standard InChI is InChI=1S/C8H15NO4/c1-4-13-9-6(10)5-8(2,3)7(11)12/h4-5H2,1-3H3,(H,9,10)(H,11,12). The van der Waals surface area contributed by atoms with Crippen molar-refractivity contribution in [1.82, 2.24) is 5.48 Å². The van der Waals surface area contributed by atoms with Gasteiger partial charge in [-0.05, 0) is 20.8 Å². The normalized spacial score (nSPS) is 11.0. The van der Waals surface area contributed by atoms with Gasteiger partial charge in [0.15, 0.2) is 0 Å². The van der Waals surface area contributed by atoms with E-state index in [0.29, 0.717) is 6.61 Å². The van der Waals surface area contributed by atoms with E-state index in [1.165, 1.54) is 13.8 Å². The Morgan fingerprint density at radius 2 is 2.00 bits per heavy atom. The first-order valence-corrected chi connectivity index (χ1v) is 4.04. The molecule has 0 heterocycles. The van der Waals surface area contributed by atoms with Crippen LogP contribution < -0.4 is 5.48 Å². The summed E-state index contributed by atoms with van der Waals surface area (Å²) in [4.78, 5) is 26.3. The topological polar surface area (TPSA) is 75.6 Å². The highest BCUT2D eigenvalue weighted by Crippen LogP contribution is 2.19. The lowest BCUT2D eigenvalue weighted by molar-refractivity contribution is -0.151. The van der Waals surface area contributed by atoms with Gasteiger partial charge in [0.25, 0.3) is 0 Å². The Morgan fingerprint density at radius 1 is 1.46 bits per heavy atom. The predicted octanol–water partition coefficient (Wildman–Crippen LogP) is 0.555. The van der Waals surface area contributed by atoms with Crippen molar-refractivity contribution in [3.63, 3.8) is 0 Å². The lowest BCUT2D eigenvalue weighted by Crippen LogP contribution is -2.33. The minimum absolute atomic E-state index is 0.0949. The van der Waals surface area contributed by atoms with Crippen LogP contribution in [-0.4, -0.2) is 23.6 Å². The van der Waals surface area contributed by atoms with Gasteiger partial charge < -0.3 is 5.11 Å². The van der Waals surface area contributed by atoms with Crippen LogP contribution in [0.2, 0.25) is 0 Å². The fourth-order valence-electron chi connectivity index (χ4n) is 0.666. The van der Waals surface area contributed by atoms with Crippen LogP contribution in [0.15, 0.2) is 0 Å². The third-order valence-corrected chi connectivity index (χ3v) is 1.51. The van der Waals surface area contributed by atoms with Crippen LogP contribution in [0.1, 0.15) is 27.2 Å². The summed E-state index contributed by atoms with van der Waals surface area (Å²) in [5.41, 5.74) is 1.09. The van der Waals surface area contributed by atoms with Gasteiger partial charge in [0.1, 0.15) is 0 Å². The summed E-state index contributed by atoms with van der Waals surface area (Å²) in [5.74, 6) is -1.42. The molecule has 0 unspecified atom stereocenters. The molecule has 0 aromatic carbocycles. The molecular weight excluding hydrogens is 174 g/mol.